The van der Waals surface area contributed by atoms with Gasteiger partial charge >= 0.3 is 0 Å². The topological polar surface area (TPSA) is 80.4 Å². The second-order valence-electron chi connectivity index (χ2n) is 3.90. The summed E-state index contributed by atoms with van der Waals surface area (Å²) in [5, 5.41) is 9.57. The van der Waals surface area contributed by atoms with Gasteiger partial charge in [-0.3, -0.25) is 0 Å². The molecule has 0 aliphatic heterocycles. The van der Waals surface area contributed by atoms with Crippen LogP contribution in [0.25, 0.3) is 0 Å². The van der Waals surface area contributed by atoms with Gasteiger partial charge in [0.15, 0.2) is 21.4 Å². The Bertz CT molecular complexity index is 500. The van der Waals surface area contributed by atoms with Crippen molar-refractivity contribution in [2.45, 2.75) is 24.2 Å². The van der Waals surface area contributed by atoms with E-state index in [0.29, 0.717) is 18.5 Å². The maximum atomic E-state index is 13.6. The van der Waals surface area contributed by atoms with Crippen LogP contribution in [0.4, 0.5) is 4.39 Å². The molecule has 3 N–H and O–H groups in total. The first-order valence-corrected chi connectivity index (χ1v) is 7.17. The van der Waals surface area contributed by atoms with E-state index in [0.717, 1.165) is 19.1 Å². The highest BCUT2D eigenvalue weighted by Crippen LogP contribution is 2.28. The van der Waals surface area contributed by atoms with Gasteiger partial charge in [-0.25, -0.2) is 12.8 Å². The van der Waals surface area contributed by atoms with Crippen LogP contribution in [0.3, 0.4) is 0 Å². The van der Waals surface area contributed by atoms with Gasteiger partial charge in [-0.15, -0.1) is 0 Å². The Labute approximate surface area is 100 Å². The Hall–Kier alpha value is -1.14. The second-order valence-corrected chi connectivity index (χ2v) is 5.89. The van der Waals surface area contributed by atoms with Crippen LogP contribution in [0.2, 0.25) is 0 Å². The maximum absolute atomic E-state index is 13.6. The van der Waals surface area contributed by atoms with Gasteiger partial charge in [0.25, 0.3) is 0 Å². The molecule has 0 radical (unpaired) electrons. The molecule has 4 nitrogen and oxygen atoms in total. The van der Waals surface area contributed by atoms with Crippen molar-refractivity contribution in [3.8, 4) is 5.75 Å². The van der Waals surface area contributed by atoms with Crippen LogP contribution in [0, 0.1) is 5.82 Å². The summed E-state index contributed by atoms with van der Waals surface area (Å²) in [6, 6.07) is 2.62. The van der Waals surface area contributed by atoms with E-state index in [9.17, 15) is 17.9 Å². The molecule has 0 amide bonds. The molecule has 0 fully saturated rings. The van der Waals surface area contributed by atoms with Crippen molar-refractivity contribution in [2.75, 3.05) is 12.8 Å². The summed E-state index contributed by atoms with van der Waals surface area (Å²) in [6.07, 6.45) is 2.87. The van der Waals surface area contributed by atoms with Crippen LogP contribution in [-0.2, 0) is 16.3 Å². The Kier molecular flexibility index (Phi) is 4.47. The number of aryl methyl sites for hydroxylation is 1. The van der Waals surface area contributed by atoms with Crippen molar-refractivity contribution < 1.29 is 17.9 Å². The number of rotatable bonds is 5. The first kappa shape index (κ1) is 13.9. The minimum Gasteiger partial charge on any atom is -0.505 e. The van der Waals surface area contributed by atoms with Gasteiger partial charge in [0.1, 0.15) is 4.90 Å². The number of hydrogen-bond donors (Lipinski definition) is 2. The molecular formula is C11H16FNO3S. The van der Waals surface area contributed by atoms with Crippen LogP contribution in [0.5, 0.6) is 5.75 Å². The maximum Gasteiger partial charge on any atom is 0.183 e. The summed E-state index contributed by atoms with van der Waals surface area (Å²) >= 11 is 0. The van der Waals surface area contributed by atoms with Gasteiger partial charge in [-0.1, -0.05) is 6.07 Å². The SMILES string of the molecule is CS(=O)(=O)c1ccc(CCCCN)c(O)c1F. The van der Waals surface area contributed by atoms with E-state index in [1.54, 1.807) is 0 Å². The molecule has 0 heterocycles. The third-order valence-corrected chi connectivity index (χ3v) is 3.58. The number of halogens is 1. The largest absolute Gasteiger partial charge is 0.505 e. The van der Waals surface area contributed by atoms with E-state index in [4.69, 9.17) is 5.73 Å². The lowest BCUT2D eigenvalue weighted by atomic mass is 10.1. The quantitative estimate of drug-likeness (QED) is 0.781. The molecule has 1 aromatic carbocycles. The average Bonchev–Trinajstić information content (AvgIpc) is 2.23. The molecule has 0 bridgehead atoms. The minimum absolute atomic E-state index is 0.406. The molecule has 96 valence electrons. The number of sulfone groups is 1. The van der Waals surface area contributed by atoms with Crippen LogP contribution in [0.1, 0.15) is 18.4 Å². The Morgan fingerprint density at radius 3 is 2.53 bits per heavy atom. The Balaban J connectivity index is 3.03. The number of aromatic hydroxyl groups is 1. The first-order valence-electron chi connectivity index (χ1n) is 5.28. The molecule has 0 saturated heterocycles. The molecule has 0 aliphatic rings. The monoisotopic (exact) mass is 261 g/mol. The van der Waals surface area contributed by atoms with Gasteiger partial charge < -0.3 is 10.8 Å². The van der Waals surface area contributed by atoms with Gasteiger partial charge in [0.2, 0.25) is 0 Å². The fourth-order valence-electron chi connectivity index (χ4n) is 1.53. The lowest BCUT2D eigenvalue weighted by Crippen LogP contribution is -2.03. The minimum atomic E-state index is -3.65. The van der Waals surface area contributed by atoms with Crippen LogP contribution >= 0.6 is 0 Å². The van der Waals surface area contributed by atoms with E-state index in [1.807, 2.05) is 0 Å². The van der Waals surface area contributed by atoms with Crippen molar-refractivity contribution in [3.63, 3.8) is 0 Å². The molecular weight excluding hydrogens is 245 g/mol. The number of hydrogen-bond acceptors (Lipinski definition) is 4. The number of phenols is 1. The number of benzene rings is 1. The third kappa shape index (κ3) is 3.41. The van der Waals surface area contributed by atoms with Crippen LogP contribution in [-0.4, -0.2) is 26.3 Å². The summed E-state index contributed by atoms with van der Waals surface area (Å²) in [5.74, 6) is -1.65. The zero-order chi connectivity index (χ0) is 13.1. The summed E-state index contributed by atoms with van der Waals surface area (Å²) in [7, 11) is -3.65. The van der Waals surface area contributed by atoms with Crippen LogP contribution in [0.15, 0.2) is 17.0 Å². The van der Waals surface area contributed by atoms with Gasteiger partial charge in [-0.05, 0) is 37.4 Å². The molecule has 0 atom stereocenters. The standard InChI is InChI=1S/C11H16FNO3S/c1-17(15,16)9-6-5-8(4-2-3-7-13)11(14)10(9)12/h5-6,14H,2-4,7,13H2,1H3. The number of nitrogens with two attached hydrogens (primary N) is 1. The van der Waals surface area contributed by atoms with Gasteiger partial charge in [-0.2, -0.15) is 0 Å². The fraction of sp³-hybridized carbons (Fsp3) is 0.455. The lowest BCUT2D eigenvalue weighted by Gasteiger charge is -2.08. The van der Waals surface area contributed by atoms with Crippen molar-refractivity contribution in [1.29, 1.82) is 0 Å². The van der Waals surface area contributed by atoms with Gasteiger partial charge in [0, 0.05) is 6.26 Å². The highest BCUT2D eigenvalue weighted by molar-refractivity contribution is 7.90. The highest BCUT2D eigenvalue weighted by atomic mass is 32.2. The zero-order valence-corrected chi connectivity index (χ0v) is 10.4. The third-order valence-electron chi connectivity index (χ3n) is 2.46. The normalized spacial score (nSPS) is 11.7. The van der Waals surface area contributed by atoms with E-state index < -0.39 is 26.3 Å². The molecule has 1 rings (SSSR count). The van der Waals surface area contributed by atoms with Crippen LogP contribution < -0.4 is 5.73 Å². The molecule has 0 saturated carbocycles. The summed E-state index contributed by atoms with van der Waals surface area (Å²) in [5.41, 5.74) is 5.73. The summed E-state index contributed by atoms with van der Waals surface area (Å²) in [4.78, 5) is -0.474. The molecule has 1 aromatic rings. The van der Waals surface area contributed by atoms with E-state index in [1.165, 1.54) is 12.1 Å². The Morgan fingerprint density at radius 2 is 2.00 bits per heavy atom. The first-order chi connectivity index (χ1) is 7.88. The molecule has 17 heavy (non-hydrogen) atoms. The van der Waals surface area contributed by atoms with Gasteiger partial charge in [0.05, 0.1) is 0 Å². The molecule has 0 spiro atoms. The Morgan fingerprint density at radius 1 is 1.35 bits per heavy atom. The highest BCUT2D eigenvalue weighted by Gasteiger charge is 2.19. The summed E-state index contributed by atoms with van der Waals surface area (Å²) < 4.78 is 36.0. The average molecular weight is 261 g/mol. The number of phenolic OH excluding ortho intramolecular Hbond substituents is 1. The predicted molar refractivity (Wildman–Crippen MR) is 63.2 cm³/mol. The molecule has 6 heteroatoms. The zero-order valence-electron chi connectivity index (χ0n) is 9.61. The summed E-state index contributed by atoms with van der Waals surface area (Å²) in [6.45, 7) is 0.532. The fourth-order valence-corrected chi connectivity index (χ4v) is 2.27. The van der Waals surface area contributed by atoms with Crippen molar-refractivity contribution in [3.05, 3.63) is 23.5 Å². The van der Waals surface area contributed by atoms with Crippen molar-refractivity contribution >= 4 is 9.84 Å². The van der Waals surface area contributed by atoms with E-state index >= 15 is 0 Å². The van der Waals surface area contributed by atoms with E-state index in [2.05, 4.69) is 0 Å². The smallest absolute Gasteiger partial charge is 0.183 e. The van der Waals surface area contributed by atoms with E-state index in [-0.39, 0.29) is 0 Å². The number of unbranched alkanes of at least 4 members (excludes halogenated alkanes) is 1. The second kappa shape index (κ2) is 5.46. The molecule has 0 unspecified atom stereocenters. The molecule has 0 aliphatic carbocycles. The van der Waals surface area contributed by atoms with Crippen molar-refractivity contribution in [1.82, 2.24) is 0 Å². The predicted octanol–water partition coefficient (Wildman–Crippen LogP) is 1.22. The molecule has 0 aromatic heterocycles. The van der Waals surface area contributed by atoms with Crippen molar-refractivity contribution in [2.24, 2.45) is 5.73 Å². The lowest BCUT2D eigenvalue weighted by molar-refractivity contribution is 0.415.